The Morgan fingerprint density at radius 1 is 1.32 bits per heavy atom. The van der Waals surface area contributed by atoms with Crippen molar-refractivity contribution >= 4 is 32.3 Å². The molecule has 2 atom stereocenters. The number of aliphatic hydroxyl groups excluding tert-OH is 1. The van der Waals surface area contributed by atoms with Gasteiger partial charge in [0.2, 0.25) is 0 Å². The Labute approximate surface area is 150 Å². The SMILES string of the molecule is C=CCN(c1nccs1)S(=O)(=O)c1ccc(C2CC[C@@H](O)C2=O)cc1. The highest BCUT2D eigenvalue weighted by molar-refractivity contribution is 7.93. The van der Waals surface area contributed by atoms with E-state index in [9.17, 15) is 18.3 Å². The molecule has 0 aliphatic heterocycles. The van der Waals surface area contributed by atoms with Crippen LogP contribution >= 0.6 is 11.3 Å². The number of carbonyl (C=O) groups is 1. The van der Waals surface area contributed by atoms with Crippen molar-refractivity contribution in [3.8, 4) is 0 Å². The highest BCUT2D eigenvalue weighted by Gasteiger charge is 2.34. The number of ketones is 1. The number of aliphatic hydroxyl groups is 1. The summed E-state index contributed by atoms with van der Waals surface area (Å²) in [6.45, 7) is 3.72. The number of carbonyl (C=O) groups excluding carboxylic acids is 1. The molecule has 1 aromatic carbocycles. The molecule has 2 aromatic rings. The molecule has 0 amide bonds. The van der Waals surface area contributed by atoms with Crippen LogP contribution in [0.3, 0.4) is 0 Å². The molecule has 1 saturated carbocycles. The molecule has 8 heteroatoms. The van der Waals surface area contributed by atoms with Crippen LogP contribution in [0, 0.1) is 0 Å². The summed E-state index contributed by atoms with van der Waals surface area (Å²) in [4.78, 5) is 16.1. The average molecular weight is 378 g/mol. The second-order valence-corrected chi connectivity index (χ2v) is 8.49. The quantitative estimate of drug-likeness (QED) is 0.780. The van der Waals surface area contributed by atoms with E-state index in [1.54, 1.807) is 23.7 Å². The minimum Gasteiger partial charge on any atom is -0.385 e. The van der Waals surface area contributed by atoms with Crippen molar-refractivity contribution in [1.29, 1.82) is 0 Å². The van der Waals surface area contributed by atoms with Gasteiger partial charge in [-0.2, -0.15) is 0 Å². The van der Waals surface area contributed by atoms with Crippen molar-refractivity contribution in [1.82, 2.24) is 4.98 Å². The van der Waals surface area contributed by atoms with Crippen LogP contribution in [0.15, 0.2) is 53.4 Å². The van der Waals surface area contributed by atoms with Crippen LogP contribution in [-0.2, 0) is 14.8 Å². The highest BCUT2D eigenvalue weighted by Crippen LogP contribution is 2.32. The Kier molecular flexibility index (Phi) is 5.03. The number of rotatable bonds is 6. The summed E-state index contributed by atoms with van der Waals surface area (Å²) < 4.78 is 27.0. The molecule has 0 radical (unpaired) electrons. The van der Waals surface area contributed by atoms with Gasteiger partial charge < -0.3 is 5.11 Å². The fourth-order valence-corrected chi connectivity index (χ4v) is 5.18. The number of thiazole rings is 1. The molecule has 0 saturated heterocycles. The van der Waals surface area contributed by atoms with Gasteiger partial charge in [-0.05, 0) is 30.5 Å². The van der Waals surface area contributed by atoms with E-state index in [1.165, 1.54) is 33.9 Å². The summed E-state index contributed by atoms with van der Waals surface area (Å²) in [6.07, 6.45) is 3.16. The lowest BCUT2D eigenvalue weighted by molar-refractivity contribution is -0.125. The van der Waals surface area contributed by atoms with Gasteiger partial charge in [0.1, 0.15) is 6.10 Å². The number of hydrogen-bond acceptors (Lipinski definition) is 6. The minimum absolute atomic E-state index is 0.116. The largest absolute Gasteiger partial charge is 0.385 e. The number of hydrogen-bond donors (Lipinski definition) is 1. The van der Waals surface area contributed by atoms with Gasteiger partial charge in [0.15, 0.2) is 10.9 Å². The lowest BCUT2D eigenvalue weighted by atomic mass is 9.97. The summed E-state index contributed by atoms with van der Waals surface area (Å²) in [5.74, 6) is -0.568. The van der Waals surface area contributed by atoms with Gasteiger partial charge in [-0.15, -0.1) is 17.9 Å². The minimum atomic E-state index is -3.78. The van der Waals surface area contributed by atoms with Crippen molar-refractivity contribution in [2.75, 3.05) is 10.8 Å². The normalized spacial score (nSPS) is 20.6. The van der Waals surface area contributed by atoms with E-state index < -0.39 is 16.1 Å². The second kappa shape index (κ2) is 7.07. The zero-order valence-corrected chi connectivity index (χ0v) is 15.0. The first-order valence-electron chi connectivity index (χ1n) is 7.80. The van der Waals surface area contributed by atoms with E-state index in [0.717, 1.165) is 5.56 Å². The van der Waals surface area contributed by atoms with Crippen LogP contribution in [0.2, 0.25) is 0 Å². The zero-order valence-electron chi connectivity index (χ0n) is 13.4. The summed E-state index contributed by atoms with van der Waals surface area (Å²) in [5.41, 5.74) is 0.727. The van der Waals surface area contributed by atoms with E-state index in [-0.39, 0.29) is 23.1 Å². The van der Waals surface area contributed by atoms with E-state index in [2.05, 4.69) is 11.6 Å². The van der Waals surface area contributed by atoms with Crippen molar-refractivity contribution in [2.45, 2.75) is 29.8 Å². The number of Topliss-reactive ketones (excluding diaryl/α,β-unsaturated/α-hetero) is 1. The number of aromatic nitrogens is 1. The predicted molar refractivity (Wildman–Crippen MR) is 96.3 cm³/mol. The van der Waals surface area contributed by atoms with Crippen molar-refractivity contribution < 1.29 is 18.3 Å². The maximum Gasteiger partial charge on any atom is 0.266 e. The fraction of sp³-hybridized carbons (Fsp3) is 0.294. The third-order valence-corrected chi connectivity index (χ3v) is 6.88. The van der Waals surface area contributed by atoms with Crippen LogP contribution < -0.4 is 4.31 Å². The van der Waals surface area contributed by atoms with E-state index in [0.29, 0.717) is 18.0 Å². The number of sulfonamides is 1. The van der Waals surface area contributed by atoms with Gasteiger partial charge in [-0.25, -0.2) is 17.7 Å². The van der Waals surface area contributed by atoms with Gasteiger partial charge in [-0.1, -0.05) is 18.2 Å². The van der Waals surface area contributed by atoms with Gasteiger partial charge >= 0.3 is 0 Å². The standard InChI is InChI=1S/C17H18N2O4S2/c1-2-10-19(17-18-9-11-24-17)25(22,23)13-5-3-12(4-6-13)14-7-8-15(20)16(14)21/h2-6,9,11,14-15,20H,1,7-8,10H2/t14?,15-/m1/s1. The topological polar surface area (TPSA) is 87.6 Å². The van der Waals surface area contributed by atoms with Gasteiger partial charge in [-0.3, -0.25) is 4.79 Å². The first-order chi connectivity index (χ1) is 11.9. The maximum atomic E-state index is 12.9. The molecular formula is C17H18N2O4S2. The van der Waals surface area contributed by atoms with Crippen LogP contribution in [0.5, 0.6) is 0 Å². The Hall–Kier alpha value is -2.03. The van der Waals surface area contributed by atoms with Crippen LogP contribution in [0.25, 0.3) is 0 Å². The van der Waals surface area contributed by atoms with E-state index >= 15 is 0 Å². The number of benzene rings is 1. The van der Waals surface area contributed by atoms with Crippen molar-refractivity contribution in [3.05, 3.63) is 54.1 Å². The third kappa shape index (κ3) is 3.37. The Balaban J connectivity index is 1.90. The highest BCUT2D eigenvalue weighted by atomic mass is 32.2. The zero-order chi connectivity index (χ0) is 18.0. The molecule has 1 fully saturated rings. The van der Waals surface area contributed by atoms with E-state index in [1.807, 2.05) is 0 Å². The molecule has 132 valence electrons. The number of anilines is 1. The Bertz CT molecular complexity index is 861. The molecular weight excluding hydrogens is 360 g/mol. The van der Waals surface area contributed by atoms with Crippen LogP contribution in [0.1, 0.15) is 24.3 Å². The predicted octanol–water partition coefficient (Wildman–Crippen LogP) is 2.33. The first-order valence-corrected chi connectivity index (χ1v) is 10.1. The summed E-state index contributed by atoms with van der Waals surface area (Å²) in [7, 11) is -3.78. The fourth-order valence-electron chi connectivity index (χ4n) is 2.91. The smallest absolute Gasteiger partial charge is 0.266 e. The van der Waals surface area contributed by atoms with Gasteiger partial charge in [0, 0.05) is 17.5 Å². The summed E-state index contributed by atoms with van der Waals surface area (Å²) >= 11 is 1.23. The molecule has 1 heterocycles. The lowest BCUT2D eigenvalue weighted by Gasteiger charge is -2.20. The Morgan fingerprint density at radius 3 is 2.56 bits per heavy atom. The number of nitrogens with zero attached hydrogens (tertiary/aromatic N) is 2. The first kappa shape index (κ1) is 17.8. The maximum absolute atomic E-state index is 12.9. The average Bonchev–Trinajstić information content (AvgIpc) is 3.24. The molecule has 1 N–H and O–H groups in total. The van der Waals surface area contributed by atoms with Gasteiger partial charge in [0.05, 0.1) is 11.4 Å². The van der Waals surface area contributed by atoms with Crippen molar-refractivity contribution in [3.63, 3.8) is 0 Å². The van der Waals surface area contributed by atoms with Crippen LogP contribution in [-0.4, -0.2) is 36.9 Å². The van der Waals surface area contributed by atoms with Crippen molar-refractivity contribution in [2.24, 2.45) is 0 Å². The third-order valence-electron chi connectivity index (χ3n) is 4.20. The monoisotopic (exact) mass is 378 g/mol. The lowest BCUT2D eigenvalue weighted by Crippen LogP contribution is -2.31. The molecule has 25 heavy (non-hydrogen) atoms. The summed E-state index contributed by atoms with van der Waals surface area (Å²) in [6, 6.07) is 6.27. The molecule has 1 aromatic heterocycles. The Morgan fingerprint density at radius 2 is 2.04 bits per heavy atom. The van der Waals surface area contributed by atoms with Crippen LogP contribution in [0.4, 0.5) is 5.13 Å². The molecule has 3 rings (SSSR count). The molecule has 1 unspecified atom stereocenters. The molecule has 6 nitrogen and oxygen atoms in total. The molecule has 0 spiro atoms. The second-order valence-electron chi connectivity index (χ2n) is 5.76. The molecule has 1 aliphatic carbocycles. The molecule has 1 aliphatic rings. The van der Waals surface area contributed by atoms with E-state index in [4.69, 9.17) is 0 Å². The molecule has 0 bridgehead atoms. The summed E-state index contributed by atoms with van der Waals surface area (Å²) in [5, 5.41) is 11.7. The van der Waals surface area contributed by atoms with Gasteiger partial charge in [0.25, 0.3) is 10.0 Å².